The molecule has 0 radical (unpaired) electrons. The first kappa shape index (κ1) is 101. The van der Waals surface area contributed by atoms with Crippen LogP contribution in [-0.2, 0) is 32.7 Å². The van der Waals surface area contributed by atoms with Gasteiger partial charge in [0.25, 0.3) is 7.82 Å². The average Bonchev–Trinajstić information content (AvgIpc) is 0.908. The summed E-state index contributed by atoms with van der Waals surface area (Å²) in [5.41, 5.74) is 0. The van der Waals surface area contributed by atoms with Crippen molar-refractivity contribution >= 4 is 19.8 Å². The highest BCUT2D eigenvalue weighted by Gasteiger charge is 2.22. The van der Waals surface area contributed by atoms with Crippen LogP contribution in [0.2, 0.25) is 0 Å². The highest BCUT2D eigenvalue weighted by molar-refractivity contribution is 7.45. The zero-order valence-corrected chi connectivity index (χ0v) is 70.0. The molecule has 0 aromatic heterocycles. The van der Waals surface area contributed by atoms with Gasteiger partial charge in [-0.2, -0.15) is 0 Å². The maximum Gasteiger partial charge on any atom is 0.306 e. The number of carbonyl (C=O) groups is 2. The van der Waals surface area contributed by atoms with E-state index in [9.17, 15) is 19.0 Å². The average molecular weight is 1490 g/mol. The maximum absolute atomic E-state index is 12.9. The first-order valence-electron chi connectivity index (χ1n) is 43.5. The molecule has 0 heterocycles. The summed E-state index contributed by atoms with van der Waals surface area (Å²) in [5.74, 6) is -0.826. The van der Waals surface area contributed by atoms with Crippen LogP contribution < -0.4 is 4.89 Å². The Balaban J connectivity index is 3.95. The summed E-state index contributed by atoms with van der Waals surface area (Å²) in [5, 5.41) is 0. The van der Waals surface area contributed by atoms with Gasteiger partial charge >= 0.3 is 11.9 Å². The fourth-order valence-electron chi connectivity index (χ4n) is 11.9. The molecule has 0 aliphatic heterocycles. The number of rotatable bonds is 79. The predicted molar refractivity (Wildman–Crippen MR) is 461 cm³/mol. The van der Waals surface area contributed by atoms with E-state index >= 15 is 0 Å². The number of hydrogen-bond acceptors (Lipinski definition) is 8. The van der Waals surface area contributed by atoms with Crippen molar-refractivity contribution in [1.29, 1.82) is 0 Å². The van der Waals surface area contributed by atoms with Crippen molar-refractivity contribution in [2.45, 2.75) is 367 Å². The lowest BCUT2D eigenvalue weighted by molar-refractivity contribution is -0.870. The molecule has 2 unspecified atom stereocenters. The third-order valence-electron chi connectivity index (χ3n) is 18.4. The minimum atomic E-state index is -4.66. The SMILES string of the molecule is CC/C=C\C/C=C\C/C=C\C/C=C\C/C=C\C/C=C\C/C=C\C/C=C\CCCCCCCCCCCCCCCCCCC(=O)OC(COC(=O)CCCCCCCCCCCCCCCCCCCCC/C=C\C/C=C\C/C=C\C/C=C\C/C=C\C/C=C\C/C=C\CC)COP(=O)([O-])OCC[N+](C)(C)C. The molecule has 0 fully saturated rings. The standard InChI is InChI=1S/C96H162NO8P/c1-6-8-10-12-14-16-18-20-22-24-26-28-30-32-34-36-38-40-42-44-46-48-50-52-54-56-58-60-62-64-66-68-70-72-74-76-78-80-82-84-86-88-95(98)102-92-94(93-104-106(100,101)103-91-90-97(3,4)5)105-96(99)89-87-85-83-81-79-77-75-73-71-69-67-65-63-61-59-57-55-53-51-49-47-45-43-41-39-37-35-33-31-29-27-25-23-21-19-17-15-13-11-9-7-2/h8-11,14-17,20-23,26-29,32-35,38-41,44-47,51,53,94H,6-7,12-13,18-19,24-25,30-31,36-37,42-43,48-50,52,54-93H2,1-5H3/b10-8-,11-9-,16-14-,17-15-,22-20-,23-21-,28-26-,29-27-,34-32-,35-33-,40-38-,41-39-,46-44-,47-45-,53-51-. The highest BCUT2D eigenvalue weighted by atomic mass is 31.2. The molecule has 0 amide bonds. The lowest BCUT2D eigenvalue weighted by Crippen LogP contribution is -2.37. The summed E-state index contributed by atoms with van der Waals surface area (Å²) in [7, 11) is 1.17. The van der Waals surface area contributed by atoms with Crippen molar-refractivity contribution < 1.29 is 42.1 Å². The number of carbonyl (C=O) groups excluding carboxylic acids is 2. The number of unbranched alkanes of at least 4 members (excludes halogenated alkanes) is 35. The number of phosphoric acid groups is 1. The van der Waals surface area contributed by atoms with Gasteiger partial charge in [-0.15, -0.1) is 0 Å². The summed E-state index contributed by atoms with van der Waals surface area (Å²) < 4.78 is 34.5. The number of ether oxygens (including phenoxy) is 2. The zero-order valence-electron chi connectivity index (χ0n) is 69.1. The molecule has 0 N–H and O–H groups in total. The number of hydrogen-bond donors (Lipinski definition) is 0. The van der Waals surface area contributed by atoms with Crippen molar-refractivity contribution in [1.82, 2.24) is 0 Å². The molecule has 0 aliphatic rings. The summed E-state index contributed by atoms with van der Waals surface area (Å²) in [6, 6.07) is 0. The van der Waals surface area contributed by atoms with Gasteiger partial charge in [-0.1, -0.05) is 395 Å². The van der Waals surface area contributed by atoms with E-state index in [0.717, 1.165) is 135 Å². The quantitative estimate of drug-likeness (QED) is 0.0195. The molecule has 0 aromatic rings. The fraction of sp³-hybridized carbons (Fsp3) is 0.667. The Morgan fingerprint density at radius 2 is 0.509 bits per heavy atom. The number of allylic oxidation sites excluding steroid dienone is 30. The Morgan fingerprint density at radius 3 is 0.755 bits per heavy atom. The molecule has 0 rings (SSSR count). The molecule has 0 saturated carbocycles. The molecule has 0 bridgehead atoms. The Morgan fingerprint density at radius 1 is 0.292 bits per heavy atom. The van der Waals surface area contributed by atoms with Crippen LogP contribution in [0, 0.1) is 0 Å². The van der Waals surface area contributed by atoms with E-state index in [-0.39, 0.29) is 32.0 Å². The van der Waals surface area contributed by atoms with Crippen LogP contribution in [0.1, 0.15) is 361 Å². The number of quaternary nitrogens is 1. The largest absolute Gasteiger partial charge is 0.756 e. The van der Waals surface area contributed by atoms with Crippen LogP contribution in [0.4, 0.5) is 0 Å². The Bertz CT molecular complexity index is 2460. The summed E-state index contributed by atoms with van der Waals surface area (Å²) in [4.78, 5) is 38.3. The van der Waals surface area contributed by atoms with E-state index in [1.54, 1.807) is 0 Å². The van der Waals surface area contributed by atoms with Crippen LogP contribution >= 0.6 is 7.82 Å². The summed E-state index contributed by atoms with van der Waals surface area (Å²) in [6.07, 6.45) is 129. The topological polar surface area (TPSA) is 111 Å². The number of nitrogens with zero attached hydrogens (tertiary/aromatic N) is 1. The van der Waals surface area contributed by atoms with E-state index < -0.39 is 26.5 Å². The van der Waals surface area contributed by atoms with Gasteiger partial charge in [-0.25, -0.2) is 0 Å². The molecule has 0 aliphatic carbocycles. The lowest BCUT2D eigenvalue weighted by Gasteiger charge is -2.28. The highest BCUT2D eigenvalue weighted by Crippen LogP contribution is 2.38. The fourth-order valence-corrected chi connectivity index (χ4v) is 12.6. The number of phosphoric ester groups is 1. The van der Waals surface area contributed by atoms with E-state index in [1.165, 1.54) is 193 Å². The van der Waals surface area contributed by atoms with Gasteiger partial charge in [0, 0.05) is 12.8 Å². The Labute approximate surface area is 654 Å². The monoisotopic (exact) mass is 1490 g/mol. The summed E-state index contributed by atoms with van der Waals surface area (Å²) in [6.45, 7) is 4.04. The normalized spacial score (nSPS) is 13.9. The van der Waals surface area contributed by atoms with E-state index in [0.29, 0.717) is 17.4 Å². The smallest absolute Gasteiger partial charge is 0.306 e. The number of likely N-dealkylation sites (N-methyl/N-ethyl adjacent to an activating group) is 1. The van der Waals surface area contributed by atoms with Crippen molar-refractivity contribution in [2.75, 3.05) is 47.5 Å². The van der Waals surface area contributed by atoms with E-state index in [2.05, 4.69) is 196 Å². The third-order valence-corrected chi connectivity index (χ3v) is 19.4. The maximum atomic E-state index is 12.9. The van der Waals surface area contributed by atoms with Crippen LogP contribution in [0.15, 0.2) is 182 Å². The summed E-state index contributed by atoms with van der Waals surface area (Å²) >= 11 is 0. The Hall–Kier alpha value is -4.89. The van der Waals surface area contributed by atoms with Gasteiger partial charge in [-0.3, -0.25) is 14.2 Å². The minimum Gasteiger partial charge on any atom is -0.756 e. The van der Waals surface area contributed by atoms with Gasteiger partial charge in [0.05, 0.1) is 27.7 Å². The van der Waals surface area contributed by atoms with Crippen molar-refractivity contribution in [2.24, 2.45) is 0 Å². The van der Waals surface area contributed by atoms with Gasteiger partial charge in [0.1, 0.15) is 19.8 Å². The van der Waals surface area contributed by atoms with Crippen LogP contribution in [-0.4, -0.2) is 70.0 Å². The second-order valence-corrected chi connectivity index (χ2v) is 31.2. The van der Waals surface area contributed by atoms with Crippen molar-refractivity contribution in [3.05, 3.63) is 182 Å². The van der Waals surface area contributed by atoms with Gasteiger partial charge in [-0.05, 0) is 135 Å². The molecule has 0 saturated heterocycles. The van der Waals surface area contributed by atoms with Gasteiger partial charge < -0.3 is 27.9 Å². The van der Waals surface area contributed by atoms with Crippen LogP contribution in [0.5, 0.6) is 0 Å². The second-order valence-electron chi connectivity index (χ2n) is 29.8. The van der Waals surface area contributed by atoms with Crippen LogP contribution in [0.3, 0.4) is 0 Å². The van der Waals surface area contributed by atoms with Crippen LogP contribution in [0.25, 0.3) is 0 Å². The minimum absolute atomic E-state index is 0.0352. The lowest BCUT2D eigenvalue weighted by atomic mass is 10.0. The van der Waals surface area contributed by atoms with Gasteiger partial charge in [0.15, 0.2) is 6.10 Å². The predicted octanol–water partition coefficient (Wildman–Crippen LogP) is 29.1. The first-order chi connectivity index (χ1) is 52.0. The third kappa shape index (κ3) is 88.0. The van der Waals surface area contributed by atoms with Crippen molar-refractivity contribution in [3.8, 4) is 0 Å². The molecule has 0 spiro atoms. The van der Waals surface area contributed by atoms with Crippen molar-refractivity contribution in [3.63, 3.8) is 0 Å². The molecule has 9 nitrogen and oxygen atoms in total. The molecule has 2 atom stereocenters. The van der Waals surface area contributed by atoms with Gasteiger partial charge in [0.2, 0.25) is 0 Å². The Kier molecular flexibility index (Phi) is 80.3. The molecule has 604 valence electrons. The van der Waals surface area contributed by atoms with E-state index in [1.807, 2.05) is 21.1 Å². The zero-order chi connectivity index (χ0) is 76.8. The van der Waals surface area contributed by atoms with E-state index in [4.69, 9.17) is 18.5 Å². The molecule has 0 aromatic carbocycles. The molecule has 106 heavy (non-hydrogen) atoms. The molecular weight excluding hydrogens is 1330 g/mol. The molecule has 10 heteroatoms. The second kappa shape index (κ2) is 84.1. The number of esters is 2. The first-order valence-corrected chi connectivity index (χ1v) is 45.0. The molecular formula is C96H162NO8P.